The number of para-hydroxylation sites is 1. The van der Waals surface area contributed by atoms with Crippen LogP contribution < -0.4 is 10.5 Å². The number of rotatable bonds is 6. The highest BCUT2D eigenvalue weighted by Gasteiger charge is 2.11. The van der Waals surface area contributed by atoms with Gasteiger partial charge in [-0.25, -0.2) is 0 Å². The smallest absolute Gasteiger partial charge is 0.292 e. The van der Waals surface area contributed by atoms with Gasteiger partial charge in [0.2, 0.25) is 0 Å². The van der Waals surface area contributed by atoms with E-state index in [4.69, 9.17) is 15.6 Å². The molecule has 0 radical (unpaired) electrons. The average Bonchev–Trinajstić information content (AvgIpc) is 2.46. The number of aliphatic hydroxyl groups is 1. The molecular weight excluding hydrogens is 272 g/mol. The van der Waals surface area contributed by atoms with Crippen LogP contribution in [-0.2, 0) is 13.0 Å². The van der Waals surface area contributed by atoms with E-state index in [1.165, 1.54) is 12.1 Å². The van der Waals surface area contributed by atoms with Gasteiger partial charge in [-0.3, -0.25) is 10.1 Å². The van der Waals surface area contributed by atoms with Crippen LogP contribution in [0.1, 0.15) is 11.1 Å². The van der Waals surface area contributed by atoms with E-state index < -0.39 is 4.92 Å². The first-order valence-electron chi connectivity index (χ1n) is 6.46. The van der Waals surface area contributed by atoms with Crippen molar-refractivity contribution in [3.05, 3.63) is 63.7 Å². The minimum atomic E-state index is -0.517. The van der Waals surface area contributed by atoms with Gasteiger partial charge in [-0.1, -0.05) is 18.2 Å². The standard InChI is InChI=1S/C15H16N2O4/c16-13-9-11(5-6-14(13)17(19)20)10-21-15-4-2-1-3-12(15)7-8-18/h1-6,9,18H,7-8,10,16H2. The van der Waals surface area contributed by atoms with Crippen molar-refractivity contribution < 1.29 is 14.8 Å². The molecule has 2 aromatic carbocycles. The molecule has 0 unspecified atom stereocenters. The van der Waals surface area contributed by atoms with E-state index in [0.717, 1.165) is 11.1 Å². The summed E-state index contributed by atoms with van der Waals surface area (Å²) in [5, 5.41) is 19.7. The SMILES string of the molecule is Nc1cc(COc2ccccc2CCO)ccc1[N+](=O)[O-]. The number of nitrogens with zero attached hydrogens (tertiary/aromatic N) is 1. The van der Waals surface area contributed by atoms with Crippen molar-refractivity contribution in [3.8, 4) is 5.75 Å². The molecule has 0 heterocycles. The van der Waals surface area contributed by atoms with Crippen molar-refractivity contribution in [1.29, 1.82) is 0 Å². The summed E-state index contributed by atoms with van der Waals surface area (Å²) in [6, 6.07) is 11.9. The largest absolute Gasteiger partial charge is 0.489 e. The number of hydrogen-bond donors (Lipinski definition) is 2. The Hall–Kier alpha value is -2.60. The summed E-state index contributed by atoms with van der Waals surface area (Å²) < 4.78 is 5.69. The van der Waals surface area contributed by atoms with E-state index in [-0.39, 0.29) is 24.6 Å². The van der Waals surface area contributed by atoms with Gasteiger partial charge in [0.15, 0.2) is 0 Å². The van der Waals surface area contributed by atoms with Gasteiger partial charge in [-0.05, 0) is 35.7 Å². The highest BCUT2D eigenvalue weighted by atomic mass is 16.6. The van der Waals surface area contributed by atoms with Gasteiger partial charge >= 0.3 is 0 Å². The molecule has 0 bridgehead atoms. The van der Waals surface area contributed by atoms with E-state index in [0.29, 0.717) is 12.2 Å². The maximum atomic E-state index is 10.7. The number of nitrogen functional groups attached to an aromatic ring is 1. The Balaban J connectivity index is 2.10. The third-order valence-electron chi connectivity index (χ3n) is 3.04. The quantitative estimate of drug-likeness (QED) is 0.482. The molecule has 0 saturated heterocycles. The Morgan fingerprint density at radius 1 is 1.24 bits per heavy atom. The fraction of sp³-hybridized carbons (Fsp3) is 0.200. The van der Waals surface area contributed by atoms with Gasteiger partial charge < -0.3 is 15.6 Å². The lowest BCUT2D eigenvalue weighted by atomic mass is 10.1. The summed E-state index contributed by atoms with van der Waals surface area (Å²) in [5.41, 5.74) is 7.30. The van der Waals surface area contributed by atoms with Crippen molar-refractivity contribution >= 4 is 11.4 Å². The van der Waals surface area contributed by atoms with Crippen LogP contribution in [0.4, 0.5) is 11.4 Å². The molecule has 6 nitrogen and oxygen atoms in total. The normalized spacial score (nSPS) is 10.3. The number of nitrogens with two attached hydrogens (primary N) is 1. The van der Waals surface area contributed by atoms with Gasteiger partial charge in [0.25, 0.3) is 5.69 Å². The lowest BCUT2D eigenvalue weighted by Gasteiger charge is -2.11. The molecule has 110 valence electrons. The maximum absolute atomic E-state index is 10.7. The van der Waals surface area contributed by atoms with E-state index in [1.807, 2.05) is 24.3 Å². The molecule has 2 aromatic rings. The molecule has 0 aliphatic heterocycles. The number of hydrogen-bond acceptors (Lipinski definition) is 5. The molecule has 3 N–H and O–H groups in total. The van der Waals surface area contributed by atoms with Crippen molar-refractivity contribution in [2.24, 2.45) is 0 Å². The highest BCUT2D eigenvalue weighted by molar-refractivity contribution is 5.59. The van der Waals surface area contributed by atoms with E-state index in [9.17, 15) is 10.1 Å². The second-order valence-electron chi connectivity index (χ2n) is 4.52. The first-order chi connectivity index (χ1) is 10.1. The Kier molecular flexibility index (Phi) is 4.73. The lowest BCUT2D eigenvalue weighted by molar-refractivity contribution is -0.383. The molecule has 0 aliphatic rings. The summed E-state index contributed by atoms with van der Waals surface area (Å²) in [5.74, 6) is 0.684. The van der Waals surface area contributed by atoms with E-state index in [1.54, 1.807) is 6.07 Å². The average molecular weight is 288 g/mol. The van der Waals surface area contributed by atoms with Crippen molar-refractivity contribution in [2.45, 2.75) is 13.0 Å². The molecular formula is C15H16N2O4. The van der Waals surface area contributed by atoms with Crippen LogP contribution in [-0.4, -0.2) is 16.6 Å². The van der Waals surface area contributed by atoms with Gasteiger partial charge in [0, 0.05) is 12.7 Å². The zero-order chi connectivity index (χ0) is 15.2. The molecule has 0 aromatic heterocycles. The Bertz CT molecular complexity index is 643. The van der Waals surface area contributed by atoms with Gasteiger partial charge in [-0.2, -0.15) is 0 Å². The predicted molar refractivity (Wildman–Crippen MR) is 79.1 cm³/mol. The third kappa shape index (κ3) is 3.70. The van der Waals surface area contributed by atoms with Crippen LogP contribution in [0, 0.1) is 10.1 Å². The second-order valence-corrected chi connectivity index (χ2v) is 4.52. The molecule has 0 aliphatic carbocycles. The van der Waals surface area contributed by atoms with Crippen LogP contribution in [0.5, 0.6) is 5.75 Å². The molecule has 21 heavy (non-hydrogen) atoms. The molecule has 0 atom stereocenters. The predicted octanol–water partition coefficient (Wildman–Crippen LogP) is 2.29. The highest BCUT2D eigenvalue weighted by Crippen LogP contribution is 2.24. The fourth-order valence-corrected chi connectivity index (χ4v) is 1.99. The van der Waals surface area contributed by atoms with Gasteiger partial charge in [-0.15, -0.1) is 0 Å². The molecule has 0 spiro atoms. The minimum Gasteiger partial charge on any atom is -0.489 e. The first-order valence-corrected chi connectivity index (χ1v) is 6.46. The maximum Gasteiger partial charge on any atom is 0.292 e. The fourth-order valence-electron chi connectivity index (χ4n) is 1.99. The number of nitro groups is 1. The van der Waals surface area contributed by atoms with Gasteiger partial charge in [0.1, 0.15) is 18.0 Å². The number of benzene rings is 2. The van der Waals surface area contributed by atoms with Gasteiger partial charge in [0.05, 0.1) is 4.92 Å². The second kappa shape index (κ2) is 6.71. The summed E-state index contributed by atoms with van der Waals surface area (Å²) in [4.78, 5) is 10.2. The first kappa shape index (κ1) is 14.8. The Morgan fingerprint density at radius 3 is 2.67 bits per heavy atom. The number of ether oxygens (including phenoxy) is 1. The molecule has 0 fully saturated rings. The summed E-state index contributed by atoms with van der Waals surface area (Å²) in [7, 11) is 0. The lowest BCUT2D eigenvalue weighted by Crippen LogP contribution is -2.02. The summed E-state index contributed by atoms with van der Waals surface area (Å²) >= 11 is 0. The molecule has 0 amide bonds. The summed E-state index contributed by atoms with van der Waals surface area (Å²) in [6.45, 7) is 0.301. The molecule has 0 saturated carbocycles. The van der Waals surface area contributed by atoms with Crippen molar-refractivity contribution in [3.63, 3.8) is 0 Å². The van der Waals surface area contributed by atoms with Crippen LogP contribution in [0.25, 0.3) is 0 Å². The topological polar surface area (TPSA) is 98.6 Å². The molecule has 6 heteroatoms. The van der Waals surface area contributed by atoms with Crippen LogP contribution in [0.2, 0.25) is 0 Å². The van der Waals surface area contributed by atoms with E-state index in [2.05, 4.69) is 0 Å². The van der Waals surface area contributed by atoms with E-state index >= 15 is 0 Å². The monoisotopic (exact) mass is 288 g/mol. The number of nitro benzene ring substituents is 1. The Morgan fingerprint density at radius 2 is 2.00 bits per heavy atom. The summed E-state index contributed by atoms with van der Waals surface area (Å²) in [6.07, 6.45) is 0.512. The van der Waals surface area contributed by atoms with Crippen LogP contribution in [0.3, 0.4) is 0 Å². The van der Waals surface area contributed by atoms with Crippen molar-refractivity contribution in [2.75, 3.05) is 12.3 Å². The molecule has 2 rings (SSSR count). The van der Waals surface area contributed by atoms with Crippen molar-refractivity contribution in [1.82, 2.24) is 0 Å². The number of anilines is 1. The van der Waals surface area contributed by atoms with Crippen LogP contribution in [0.15, 0.2) is 42.5 Å². The third-order valence-corrected chi connectivity index (χ3v) is 3.04. The Labute approximate surface area is 121 Å². The van der Waals surface area contributed by atoms with Crippen LogP contribution >= 0.6 is 0 Å². The minimum absolute atomic E-state index is 0.0465. The zero-order valence-corrected chi connectivity index (χ0v) is 11.4. The zero-order valence-electron chi connectivity index (χ0n) is 11.4. The number of aliphatic hydroxyl groups excluding tert-OH is 1.